The summed E-state index contributed by atoms with van der Waals surface area (Å²) >= 11 is 0. The van der Waals surface area contributed by atoms with E-state index in [0.717, 1.165) is 0 Å². The molecule has 0 aliphatic heterocycles. The quantitative estimate of drug-likeness (QED) is 0.844. The van der Waals surface area contributed by atoms with E-state index in [2.05, 4.69) is 0 Å². The van der Waals surface area contributed by atoms with Crippen molar-refractivity contribution in [1.29, 1.82) is 0 Å². The molecular weight excluding hydrogens is 231 g/mol. The highest BCUT2D eigenvalue weighted by Crippen LogP contribution is 2.46. The van der Waals surface area contributed by atoms with Crippen molar-refractivity contribution in [1.82, 2.24) is 0 Å². The molecule has 3 heteroatoms. The fourth-order valence-corrected chi connectivity index (χ4v) is 4.27. The Bertz CT molecular complexity index is 477. The SMILES string of the molecule is C[C@H](O)P(=O)(c1ccccc1)c1ccccc1. The maximum absolute atomic E-state index is 13.1. The van der Waals surface area contributed by atoms with Crippen LogP contribution in [-0.2, 0) is 4.57 Å². The summed E-state index contributed by atoms with van der Waals surface area (Å²) < 4.78 is 13.1. The lowest BCUT2D eigenvalue weighted by Crippen LogP contribution is -2.23. The minimum atomic E-state index is -2.94. The number of rotatable bonds is 3. The lowest BCUT2D eigenvalue weighted by Gasteiger charge is -2.21. The lowest BCUT2D eigenvalue weighted by atomic mass is 10.4. The van der Waals surface area contributed by atoms with Gasteiger partial charge in [0.05, 0.1) is 0 Å². The topological polar surface area (TPSA) is 37.3 Å². The normalized spacial score (nSPS) is 13.3. The van der Waals surface area contributed by atoms with E-state index in [1.54, 1.807) is 31.2 Å². The van der Waals surface area contributed by atoms with Crippen LogP contribution < -0.4 is 10.6 Å². The minimum absolute atomic E-state index is 0.696. The van der Waals surface area contributed by atoms with Gasteiger partial charge < -0.3 is 9.67 Å². The molecule has 0 aromatic heterocycles. The van der Waals surface area contributed by atoms with Crippen LogP contribution in [0.3, 0.4) is 0 Å². The zero-order valence-electron chi connectivity index (χ0n) is 9.65. The van der Waals surface area contributed by atoms with Crippen LogP contribution in [0, 0.1) is 0 Å². The van der Waals surface area contributed by atoms with Crippen molar-refractivity contribution in [2.45, 2.75) is 12.8 Å². The first-order valence-electron chi connectivity index (χ1n) is 5.54. The average Bonchev–Trinajstić information content (AvgIpc) is 2.39. The van der Waals surface area contributed by atoms with Gasteiger partial charge >= 0.3 is 0 Å². The Labute approximate surface area is 101 Å². The number of aliphatic hydroxyl groups excluding tert-OH is 1. The Hall–Kier alpha value is -1.37. The molecule has 88 valence electrons. The summed E-state index contributed by atoms with van der Waals surface area (Å²) in [6.07, 6.45) is 0. The summed E-state index contributed by atoms with van der Waals surface area (Å²) in [5.41, 5.74) is 0. The van der Waals surface area contributed by atoms with Crippen molar-refractivity contribution in [3.63, 3.8) is 0 Å². The van der Waals surface area contributed by atoms with Crippen molar-refractivity contribution < 1.29 is 9.67 Å². The van der Waals surface area contributed by atoms with E-state index in [-0.39, 0.29) is 0 Å². The molecule has 0 aliphatic carbocycles. The molecule has 0 heterocycles. The van der Waals surface area contributed by atoms with E-state index in [0.29, 0.717) is 10.6 Å². The number of benzene rings is 2. The van der Waals surface area contributed by atoms with Gasteiger partial charge in [0.2, 0.25) is 0 Å². The van der Waals surface area contributed by atoms with Gasteiger partial charge in [0, 0.05) is 10.6 Å². The Kier molecular flexibility index (Phi) is 3.46. The first-order chi connectivity index (χ1) is 8.15. The van der Waals surface area contributed by atoms with Crippen molar-refractivity contribution in [3.8, 4) is 0 Å². The second kappa shape index (κ2) is 4.87. The predicted octanol–water partition coefficient (Wildman–Crippen LogP) is 2.34. The van der Waals surface area contributed by atoms with E-state index in [1.807, 2.05) is 36.4 Å². The third kappa shape index (κ3) is 2.19. The van der Waals surface area contributed by atoms with Crippen LogP contribution in [-0.4, -0.2) is 11.0 Å². The van der Waals surface area contributed by atoms with Crippen LogP contribution in [0.1, 0.15) is 6.92 Å². The van der Waals surface area contributed by atoms with Gasteiger partial charge in [-0.3, -0.25) is 0 Å². The molecule has 2 aromatic carbocycles. The number of hydrogen-bond acceptors (Lipinski definition) is 2. The van der Waals surface area contributed by atoms with Crippen molar-refractivity contribution >= 4 is 17.8 Å². The van der Waals surface area contributed by atoms with Gasteiger partial charge in [0.25, 0.3) is 0 Å². The zero-order chi connectivity index (χ0) is 12.3. The molecule has 2 rings (SSSR count). The maximum Gasteiger partial charge on any atom is 0.169 e. The summed E-state index contributed by atoms with van der Waals surface area (Å²) in [5, 5.41) is 11.3. The molecule has 0 radical (unpaired) electrons. The molecule has 0 saturated heterocycles. The molecule has 0 saturated carbocycles. The van der Waals surface area contributed by atoms with Crippen molar-refractivity contribution in [2.24, 2.45) is 0 Å². The summed E-state index contributed by atoms with van der Waals surface area (Å²) in [4.78, 5) is 0. The zero-order valence-corrected chi connectivity index (χ0v) is 10.5. The third-order valence-corrected chi connectivity index (χ3v) is 5.99. The van der Waals surface area contributed by atoms with Crippen molar-refractivity contribution in [2.75, 3.05) is 0 Å². The van der Waals surface area contributed by atoms with Gasteiger partial charge in [-0.1, -0.05) is 60.7 Å². The van der Waals surface area contributed by atoms with E-state index in [4.69, 9.17) is 0 Å². The summed E-state index contributed by atoms with van der Waals surface area (Å²) in [7, 11) is -2.94. The molecule has 2 nitrogen and oxygen atoms in total. The summed E-state index contributed by atoms with van der Waals surface area (Å²) in [5.74, 6) is -0.882. The van der Waals surface area contributed by atoms with Crippen LogP contribution in [0.5, 0.6) is 0 Å². The van der Waals surface area contributed by atoms with Gasteiger partial charge in [-0.05, 0) is 6.92 Å². The van der Waals surface area contributed by atoms with E-state index < -0.39 is 13.0 Å². The molecule has 0 unspecified atom stereocenters. The average molecular weight is 246 g/mol. The second-order valence-corrected chi connectivity index (χ2v) is 7.06. The maximum atomic E-state index is 13.1. The molecule has 0 aliphatic rings. The van der Waals surface area contributed by atoms with Crippen LogP contribution >= 0.6 is 7.14 Å². The lowest BCUT2D eigenvalue weighted by molar-refractivity contribution is 0.271. The van der Waals surface area contributed by atoms with Gasteiger partial charge in [0.15, 0.2) is 7.14 Å². The fourth-order valence-electron chi connectivity index (χ4n) is 1.88. The van der Waals surface area contributed by atoms with Gasteiger partial charge in [0.1, 0.15) is 5.85 Å². The largest absolute Gasteiger partial charge is 0.385 e. The van der Waals surface area contributed by atoms with Gasteiger partial charge in [-0.2, -0.15) is 0 Å². The smallest absolute Gasteiger partial charge is 0.169 e. The fraction of sp³-hybridized carbons (Fsp3) is 0.143. The highest BCUT2D eigenvalue weighted by Gasteiger charge is 2.32. The molecule has 2 aromatic rings. The Morgan fingerprint density at radius 3 is 1.53 bits per heavy atom. The molecular formula is C14H15O2P. The monoisotopic (exact) mass is 246 g/mol. The van der Waals surface area contributed by atoms with Crippen LogP contribution in [0.15, 0.2) is 60.7 Å². The highest BCUT2D eigenvalue weighted by molar-refractivity contribution is 7.79. The Morgan fingerprint density at radius 1 is 0.882 bits per heavy atom. The molecule has 1 N–H and O–H groups in total. The summed E-state index contributed by atoms with van der Waals surface area (Å²) in [6, 6.07) is 18.3. The predicted molar refractivity (Wildman–Crippen MR) is 71.4 cm³/mol. The van der Waals surface area contributed by atoms with E-state index in [9.17, 15) is 9.67 Å². The molecule has 17 heavy (non-hydrogen) atoms. The Balaban J connectivity index is 2.60. The van der Waals surface area contributed by atoms with Crippen LogP contribution in [0.25, 0.3) is 0 Å². The van der Waals surface area contributed by atoms with Crippen LogP contribution in [0.2, 0.25) is 0 Å². The minimum Gasteiger partial charge on any atom is -0.385 e. The summed E-state index contributed by atoms with van der Waals surface area (Å²) in [6.45, 7) is 1.58. The standard InChI is InChI=1S/C14H15O2P/c1-12(15)17(16,13-8-4-2-5-9-13)14-10-6-3-7-11-14/h2-12,15H,1H3/t12-/m1/s1. The molecule has 0 amide bonds. The highest BCUT2D eigenvalue weighted by atomic mass is 31.2. The molecule has 1 atom stereocenters. The van der Waals surface area contributed by atoms with Crippen molar-refractivity contribution in [3.05, 3.63) is 60.7 Å². The molecule has 0 bridgehead atoms. The van der Waals surface area contributed by atoms with Gasteiger partial charge in [-0.25, -0.2) is 0 Å². The molecule has 0 spiro atoms. The van der Waals surface area contributed by atoms with E-state index in [1.165, 1.54) is 0 Å². The number of aliphatic hydroxyl groups is 1. The third-order valence-electron chi connectivity index (χ3n) is 2.81. The van der Waals surface area contributed by atoms with Crippen LogP contribution in [0.4, 0.5) is 0 Å². The number of hydrogen-bond donors (Lipinski definition) is 1. The first kappa shape index (κ1) is 12.1. The Morgan fingerprint density at radius 2 is 1.24 bits per heavy atom. The van der Waals surface area contributed by atoms with E-state index >= 15 is 0 Å². The van der Waals surface area contributed by atoms with Gasteiger partial charge in [-0.15, -0.1) is 0 Å². The second-order valence-electron chi connectivity index (χ2n) is 3.96. The molecule has 0 fully saturated rings. The first-order valence-corrected chi connectivity index (χ1v) is 7.32.